The van der Waals surface area contributed by atoms with Gasteiger partial charge in [-0.15, -0.1) is 0 Å². The van der Waals surface area contributed by atoms with E-state index < -0.39 is 8.07 Å². The highest BCUT2D eigenvalue weighted by atomic mass is 28.3. The first-order chi connectivity index (χ1) is 11.4. The van der Waals surface area contributed by atoms with Crippen LogP contribution in [0.3, 0.4) is 0 Å². The molecule has 0 amide bonds. The Hall–Kier alpha value is -1.87. The third-order valence-electron chi connectivity index (χ3n) is 4.97. The lowest BCUT2D eigenvalue weighted by atomic mass is 9.97. The fourth-order valence-electron chi connectivity index (χ4n) is 3.46. The van der Waals surface area contributed by atoms with Crippen LogP contribution in [0, 0.1) is 5.92 Å². The van der Waals surface area contributed by atoms with E-state index in [2.05, 4.69) is 80.7 Å². The number of rotatable bonds is 7. The minimum Gasteiger partial charge on any atom is -0.469 e. The summed E-state index contributed by atoms with van der Waals surface area (Å²) in [4.78, 5) is 11.6. The zero-order valence-corrected chi connectivity index (χ0v) is 16.2. The van der Waals surface area contributed by atoms with Crippen molar-refractivity contribution >= 4 is 19.2 Å². The summed E-state index contributed by atoms with van der Waals surface area (Å²) in [5.41, 5.74) is 1.86. The van der Waals surface area contributed by atoms with Crippen molar-refractivity contribution in [3.05, 3.63) is 66.2 Å². The maximum Gasteiger partial charge on any atom is 0.305 e. The summed E-state index contributed by atoms with van der Waals surface area (Å²) < 4.78 is 4.85. The molecule has 0 bridgehead atoms. The fourth-order valence-corrected chi connectivity index (χ4v) is 6.93. The molecule has 0 saturated carbocycles. The lowest BCUT2D eigenvalue weighted by Gasteiger charge is -2.35. The molecule has 0 aromatic heterocycles. The average Bonchev–Trinajstić information content (AvgIpc) is 2.61. The summed E-state index contributed by atoms with van der Waals surface area (Å²) in [6.45, 7) is 7.03. The molecule has 0 fully saturated rings. The molecule has 2 nitrogen and oxygen atoms in total. The number of esters is 1. The Kier molecular flexibility index (Phi) is 6.38. The third-order valence-corrected chi connectivity index (χ3v) is 9.10. The standard InChI is InChI=1S/C21H28O2Si/c1-17(16-21(22)23-2)15-20(18-11-7-5-8-12-18)24(3,4)19-13-9-6-10-14-19/h5-14,17,20H,15-16H2,1-4H3/t17-,20-/m1/s1. The summed E-state index contributed by atoms with van der Waals surface area (Å²) in [6.07, 6.45) is 1.49. The Morgan fingerprint density at radius 1 is 1.00 bits per heavy atom. The van der Waals surface area contributed by atoms with Crippen molar-refractivity contribution in [2.45, 2.75) is 38.4 Å². The van der Waals surface area contributed by atoms with Gasteiger partial charge in [0.05, 0.1) is 15.2 Å². The summed E-state index contributed by atoms with van der Waals surface area (Å²) in [7, 11) is -0.261. The van der Waals surface area contributed by atoms with E-state index in [9.17, 15) is 4.79 Å². The third kappa shape index (κ3) is 4.57. The van der Waals surface area contributed by atoms with Crippen molar-refractivity contribution in [3.8, 4) is 0 Å². The molecule has 2 aromatic carbocycles. The van der Waals surface area contributed by atoms with Crippen LogP contribution in [0.2, 0.25) is 13.1 Å². The van der Waals surface area contributed by atoms with Crippen LogP contribution in [0.25, 0.3) is 0 Å². The van der Waals surface area contributed by atoms with Gasteiger partial charge in [0.2, 0.25) is 0 Å². The fraction of sp³-hybridized carbons (Fsp3) is 0.381. The second-order valence-electron chi connectivity index (χ2n) is 7.17. The Morgan fingerprint density at radius 3 is 2.08 bits per heavy atom. The van der Waals surface area contributed by atoms with Crippen LogP contribution < -0.4 is 5.19 Å². The van der Waals surface area contributed by atoms with Gasteiger partial charge in [-0.2, -0.15) is 0 Å². The molecule has 2 rings (SSSR count). The second-order valence-corrected chi connectivity index (χ2v) is 11.9. The summed E-state index contributed by atoms with van der Waals surface area (Å²) in [6, 6.07) is 21.6. The number of carbonyl (C=O) groups excluding carboxylic acids is 1. The summed E-state index contributed by atoms with van der Waals surface area (Å²) in [5, 5.41) is 1.46. The predicted molar refractivity (Wildman–Crippen MR) is 103 cm³/mol. The molecular weight excluding hydrogens is 312 g/mol. The monoisotopic (exact) mass is 340 g/mol. The number of hydrogen-bond donors (Lipinski definition) is 0. The van der Waals surface area contributed by atoms with E-state index in [4.69, 9.17) is 4.74 Å². The van der Waals surface area contributed by atoms with Crippen molar-refractivity contribution in [2.75, 3.05) is 7.11 Å². The van der Waals surface area contributed by atoms with Crippen molar-refractivity contribution in [3.63, 3.8) is 0 Å². The molecule has 0 saturated heterocycles. The molecule has 0 aliphatic heterocycles. The number of ether oxygens (including phenoxy) is 1. The molecule has 2 aromatic rings. The molecule has 128 valence electrons. The van der Waals surface area contributed by atoms with Gasteiger partial charge in [0.25, 0.3) is 0 Å². The summed E-state index contributed by atoms with van der Waals surface area (Å²) >= 11 is 0. The molecule has 0 radical (unpaired) electrons. The van der Waals surface area contributed by atoms with Gasteiger partial charge in [-0.25, -0.2) is 0 Å². The van der Waals surface area contributed by atoms with Gasteiger partial charge in [-0.1, -0.05) is 85.9 Å². The van der Waals surface area contributed by atoms with Gasteiger partial charge in [0, 0.05) is 6.42 Å². The van der Waals surface area contributed by atoms with Crippen molar-refractivity contribution in [1.82, 2.24) is 0 Å². The molecule has 0 aliphatic rings. The average molecular weight is 341 g/mol. The van der Waals surface area contributed by atoms with Crippen LogP contribution in [-0.4, -0.2) is 21.2 Å². The highest BCUT2D eigenvalue weighted by Gasteiger charge is 2.35. The highest BCUT2D eigenvalue weighted by molar-refractivity contribution is 6.90. The van der Waals surface area contributed by atoms with Crippen LogP contribution in [0.5, 0.6) is 0 Å². The molecule has 0 N–H and O–H groups in total. The maximum atomic E-state index is 11.6. The van der Waals surface area contributed by atoms with Crippen molar-refractivity contribution < 1.29 is 9.53 Å². The molecule has 0 spiro atoms. The van der Waals surface area contributed by atoms with E-state index in [0.717, 1.165) is 6.42 Å². The first kappa shape index (κ1) is 18.5. The highest BCUT2D eigenvalue weighted by Crippen LogP contribution is 2.34. The van der Waals surface area contributed by atoms with E-state index >= 15 is 0 Å². The Balaban J connectivity index is 2.31. The lowest BCUT2D eigenvalue weighted by Crippen LogP contribution is -2.48. The van der Waals surface area contributed by atoms with Gasteiger partial charge >= 0.3 is 5.97 Å². The normalized spacial score (nSPS) is 14.0. The molecule has 0 unspecified atom stereocenters. The quantitative estimate of drug-likeness (QED) is 0.547. The van der Waals surface area contributed by atoms with Crippen LogP contribution >= 0.6 is 0 Å². The largest absolute Gasteiger partial charge is 0.469 e. The maximum absolute atomic E-state index is 11.6. The van der Waals surface area contributed by atoms with Crippen LogP contribution in [0.4, 0.5) is 0 Å². The zero-order valence-electron chi connectivity index (χ0n) is 15.2. The first-order valence-corrected chi connectivity index (χ1v) is 11.7. The van der Waals surface area contributed by atoms with E-state index in [0.29, 0.717) is 17.9 Å². The van der Waals surface area contributed by atoms with Crippen molar-refractivity contribution in [2.24, 2.45) is 5.92 Å². The zero-order chi connectivity index (χ0) is 17.6. The molecule has 0 heterocycles. The van der Waals surface area contributed by atoms with Gasteiger partial charge in [0.1, 0.15) is 0 Å². The molecule has 2 atom stereocenters. The van der Waals surface area contributed by atoms with E-state index in [1.165, 1.54) is 17.9 Å². The first-order valence-electron chi connectivity index (χ1n) is 8.62. The van der Waals surface area contributed by atoms with Gasteiger partial charge in [-0.3, -0.25) is 4.79 Å². The molecule has 0 aliphatic carbocycles. The lowest BCUT2D eigenvalue weighted by molar-refractivity contribution is -0.141. The van der Waals surface area contributed by atoms with Gasteiger partial charge in [-0.05, 0) is 23.4 Å². The van der Waals surface area contributed by atoms with Crippen LogP contribution in [0.15, 0.2) is 60.7 Å². The number of carbonyl (C=O) groups is 1. The molecule has 3 heteroatoms. The molecule has 24 heavy (non-hydrogen) atoms. The number of methoxy groups -OCH3 is 1. The minimum atomic E-state index is -1.73. The minimum absolute atomic E-state index is 0.117. The SMILES string of the molecule is COC(=O)C[C@H](C)C[C@H](c1ccccc1)[Si](C)(C)c1ccccc1. The Morgan fingerprint density at radius 2 is 1.54 bits per heavy atom. The Labute approximate surface area is 146 Å². The van der Waals surface area contributed by atoms with Crippen molar-refractivity contribution in [1.29, 1.82) is 0 Å². The van der Waals surface area contributed by atoms with E-state index in [1.54, 1.807) is 0 Å². The number of hydrogen-bond acceptors (Lipinski definition) is 2. The molecular formula is C21H28O2Si. The summed E-state index contributed by atoms with van der Waals surface area (Å²) in [5.74, 6) is 0.187. The van der Waals surface area contributed by atoms with Gasteiger partial charge in [0.15, 0.2) is 0 Å². The predicted octanol–water partition coefficient (Wildman–Crippen LogP) is 4.51. The number of benzene rings is 2. The van der Waals surface area contributed by atoms with Gasteiger partial charge < -0.3 is 4.74 Å². The topological polar surface area (TPSA) is 26.3 Å². The van der Waals surface area contributed by atoms with Crippen LogP contribution in [-0.2, 0) is 9.53 Å². The van der Waals surface area contributed by atoms with E-state index in [1.807, 2.05) is 0 Å². The second kappa shape index (κ2) is 8.29. The van der Waals surface area contributed by atoms with Crippen LogP contribution in [0.1, 0.15) is 30.9 Å². The van der Waals surface area contributed by atoms with E-state index in [-0.39, 0.29) is 5.97 Å². The Bertz CT molecular complexity index is 637. The smallest absolute Gasteiger partial charge is 0.305 e.